The van der Waals surface area contributed by atoms with Crippen LogP contribution >= 0.6 is 31.9 Å². The molecule has 3 heteroatoms. The molecule has 0 aliphatic carbocycles. The van der Waals surface area contributed by atoms with Crippen molar-refractivity contribution in [2.45, 2.75) is 36.0 Å². The van der Waals surface area contributed by atoms with Crippen LogP contribution in [0.4, 0.5) is 0 Å². The number of alkyl halides is 2. The minimum absolute atomic E-state index is 0.399. The Bertz CT molecular complexity index is 127. The summed E-state index contributed by atoms with van der Waals surface area (Å²) in [6.45, 7) is 3.98. The van der Waals surface area contributed by atoms with Crippen LogP contribution < -0.4 is 0 Å². The molecule has 1 N–H and O–H groups in total. The van der Waals surface area contributed by atoms with E-state index >= 15 is 0 Å². The Labute approximate surface area is 85.1 Å². The highest BCUT2D eigenvalue weighted by Crippen LogP contribution is 2.29. The molecule has 11 heavy (non-hydrogen) atoms. The van der Waals surface area contributed by atoms with E-state index in [4.69, 9.17) is 0 Å². The molecule has 0 aliphatic heterocycles. The van der Waals surface area contributed by atoms with E-state index in [0.717, 1.165) is 12.8 Å². The molecule has 0 bridgehead atoms. The van der Waals surface area contributed by atoms with Crippen molar-refractivity contribution in [3.8, 4) is 0 Å². The van der Waals surface area contributed by atoms with Gasteiger partial charge in [-0.15, -0.1) is 0 Å². The first kappa shape index (κ1) is 11.7. The lowest BCUT2D eigenvalue weighted by molar-refractivity contribution is 0.218. The molecule has 0 aromatic rings. The van der Waals surface area contributed by atoms with Crippen molar-refractivity contribution in [1.29, 1.82) is 0 Å². The van der Waals surface area contributed by atoms with Gasteiger partial charge in [-0.25, -0.2) is 0 Å². The lowest BCUT2D eigenvalue weighted by Gasteiger charge is -2.18. The second-order valence-corrected chi connectivity index (χ2v) is 6.98. The predicted molar refractivity (Wildman–Crippen MR) is 56.3 cm³/mol. The molecule has 0 fully saturated rings. The van der Waals surface area contributed by atoms with Crippen LogP contribution in [0, 0.1) is 0 Å². The Morgan fingerprint density at radius 3 is 2.45 bits per heavy atom. The lowest BCUT2D eigenvalue weighted by atomic mass is 10.2. The van der Waals surface area contributed by atoms with E-state index in [-0.39, 0.29) is 0 Å². The quantitative estimate of drug-likeness (QED) is 0.621. The summed E-state index contributed by atoms with van der Waals surface area (Å²) in [5, 5.41) is 9.43. The highest BCUT2D eigenvalue weighted by molar-refractivity contribution is 9.25. The van der Waals surface area contributed by atoms with Crippen LogP contribution in [0.3, 0.4) is 0 Å². The van der Waals surface area contributed by atoms with Gasteiger partial charge in [0.15, 0.2) is 0 Å². The SMILES string of the molecule is CCCC=CC(O)C(C)(Br)Br. The third-order valence-electron chi connectivity index (χ3n) is 1.29. The molecular weight excluding hydrogens is 272 g/mol. The monoisotopic (exact) mass is 284 g/mol. The zero-order valence-electron chi connectivity index (χ0n) is 6.85. The van der Waals surface area contributed by atoms with E-state index in [0.29, 0.717) is 0 Å². The molecule has 0 saturated heterocycles. The molecule has 0 amide bonds. The predicted octanol–water partition coefficient (Wildman–Crippen LogP) is 3.21. The van der Waals surface area contributed by atoms with Gasteiger partial charge >= 0.3 is 0 Å². The highest BCUT2D eigenvalue weighted by atomic mass is 79.9. The van der Waals surface area contributed by atoms with Gasteiger partial charge in [0.1, 0.15) is 3.23 Å². The molecule has 0 heterocycles. The number of rotatable bonds is 4. The van der Waals surface area contributed by atoms with E-state index in [2.05, 4.69) is 38.8 Å². The zero-order chi connectivity index (χ0) is 8.91. The van der Waals surface area contributed by atoms with Crippen molar-refractivity contribution in [3.05, 3.63) is 12.2 Å². The maximum absolute atomic E-state index is 9.43. The van der Waals surface area contributed by atoms with Gasteiger partial charge in [-0.3, -0.25) is 0 Å². The third kappa shape index (κ3) is 5.88. The summed E-state index contributed by atoms with van der Waals surface area (Å²) >= 11 is 6.62. The molecule has 0 spiro atoms. The number of hydrogen-bond donors (Lipinski definition) is 1. The first-order chi connectivity index (χ1) is 4.98. The Balaban J connectivity index is 3.77. The average Bonchev–Trinajstić information content (AvgIpc) is 1.86. The van der Waals surface area contributed by atoms with Crippen LogP contribution in [0.5, 0.6) is 0 Å². The molecule has 0 aromatic heterocycles. The van der Waals surface area contributed by atoms with E-state index in [9.17, 15) is 5.11 Å². The van der Waals surface area contributed by atoms with Gasteiger partial charge in [0.25, 0.3) is 0 Å². The Kier molecular flexibility index (Phi) is 5.65. The fraction of sp³-hybridized carbons (Fsp3) is 0.750. The number of aliphatic hydroxyl groups excluding tert-OH is 1. The minimum Gasteiger partial charge on any atom is -0.387 e. The molecule has 0 aliphatic rings. The van der Waals surface area contributed by atoms with Gasteiger partial charge in [-0.1, -0.05) is 57.4 Å². The highest BCUT2D eigenvalue weighted by Gasteiger charge is 2.23. The van der Waals surface area contributed by atoms with Gasteiger partial charge in [0.2, 0.25) is 0 Å². The number of aliphatic hydroxyl groups is 1. The van der Waals surface area contributed by atoms with Gasteiger partial charge < -0.3 is 5.11 Å². The first-order valence-corrected chi connectivity index (χ1v) is 5.29. The largest absolute Gasteiger partial charge is 0.387 e. The first-order valence-electron chi connectivity index (χ1n) is 3.71. The van der Waals surface area contributed by atoms with E-state index in [1.54, 1.807) is 6.08 Å². The minimum atomic E-state index is -0.478. The average molecular weight is 286 g/mol. The smallest absolute Gasteiger partial charge is 0.107 e. The van der Waals surface area contributed by atoms with Crippen molar-refractivity contribution < 1.29 is 5.11 Å². The van der Waals surface area contributed by atoms with Crippen LogP contribution in [-0.2, 0) is 0 Å². The van der Waals surface area contributed by atoms with E-state index in [1.165, 1.54) is 0 Å². The van der Waals surface area contributed by atoms with Gasteiger partial charge in [0, 0.05) is 0 Å². The molecule has 0 aromatic carbocycles. The summed E-state index contributed by atoms with van der Waals surface area (Å²) in [6, 6.07) is 0. The standard InChI is InChI=1S/C8H14Br2O/c1-3-4-5-6-7(11)8(2,9)10/h5-7,11H,3-4H2,1-2H3. The maximum Gasteiger partial charge on any atom is 0.107 e. The molecule has 1 unspecified atom stereocenters. The van der Waals surface area contributed by atoms with Crippen molar-refractivity contribution in [1.82, 2.24) is 0 Å². The molecule has 1 atom stereocenters. The Morgan fingerprint density at radius 2 is 2.09 bits per heavy atom. The summed E-state index contributed by atoms with van der Waals surface area (Å²) in [6.07, 6.45) is 5.45. The van der Waals surface area contributed by atoms with Gasteiger partial charge in [-0.2, -0.15) is 0 Å². The summed E-state index contributed by atoms with van der Waals surface area (Å²) in [5.41, 5.74) is 0. The van der Waals surface area contributed by atoms with Crippen molar-refractivity contribution >= 4 is 31.9 Å². The molecule has 0 rings (SSSR count). The number of allylic oxidation sites excluding steroid dienone is 1. The number of halogens is 2. The summed E-state index contributed by atoms with van der Waals surface area (Å²) in [4.78, 5) is 0. The fourth-order valence-electron chi connectivity index (χ4n) is 0.561. The molecule has 0 saturated carbocycles. The molecule has 1 nitrogen and oxygen atoms in total. The number of hydrogen-bond acceptors (Lipinski definition) is 1. The van der Waals surface area contributed by atoms with Crippen LogP contribution in [0.1, 0.15) is 26.7 Å². The summed E-state index contributed by atoms with van der Waals surface area (Å²) in [7, 11) is 0. The van der Waals surface area contributed by atoms with Crippen LogP contribution in [0.2, 0.25) is 0 Å². The fourth-order valence-corrected chi connectivity index (χ4v) is 0.866. The van der Waals surface area contributed by atoms with Gasteiger partial charge in [0.05, 0.1) is 6.10 Å². The van der Waals surface area contributed by atoms with Crippen molar-refractivity contribution in [2.24, 2.45) is 0 Å². The van der Waals surface area contributed by atoms with Crippen molar-refractivity contribution in [3.63, 3.8) is 0 Å². The maximum atomic E-state index is 9.43. The van der Waals surface area contributed by atoms with Crippen LogP contribution in [0.25, 0.3) is 0 Å². The topological polar surface area (TPSA) is 20.2 Å². The van der Waals surface area contributed by atoms with E-state index < -0.39 is 9.34 Å². The second-order valence-electron chi connectivity index (χ2n) is 2.62. The van der Waals surface area contributed by atoms with Crippen LogP contribution in [-0.4, -0.2) is 14.4 Å². The Morgan fingerprint density at radius 1 is 1.55 bits per heavy atom. The molecular formula is C8H14Br2O. The lowest BCUT2D eigenvalue weighted by Crippen LogP contribution is -2.23. The number of unbranched alkanes of at least 4 members (excludes halogenated alkanes) is 1. The van der Waals surface area contributed by atoms with E-state index in [1.807, 2.05) is 13.0 Å². The van der Waals surface area contributed by atoms with Crippen LogP contribution in [0.15, 0.2) is 12.2 Å². The third-order valence-corrected chi connectivity index (χ3v) is 2.23. The summed E-state index contributed by atoms with van der Waals surface area (Å²) in [5.74, 6) is 0. The normalized spacial score (nSPS) is 15.7. The Hall–Kier alpha value is 0.660. The summed E-state index contributed by atoms with van der Waals surface area (Å²) < 4.78 is -0.399. The molecule has 0 radical (unpaired) electrons. The molecule has 66 valence electrons. The second kappa shape index (κ2) is 5.33. The van der Waals surface area contributed by atoms with Gasteiger partial charge in [-0.05, 0) is 13.3 Å². The van der Waals surface area contributed by atoms with Crippen molar-refractivity contribution in [2.75, 3.05) is 0 Å². The zero-order valence-corrected chi connectivity index (χ0v) is 10.0.